The Morgan fingerprint density at radius 2 is 2.06 bits per heavy atom. The van der Waals surface area contributed by atoms with Crippen LogP contribution in [0.3, 0.4) is 0 Å². The maximum atomic E-state index is 9.03. The molecule has 0 atom stereocenters. The summed E-state index contributed by atoms with van der Waals surface area (Å²) in [4.78, 5) is 0. The lowest BCUT2D eigenvalue weighted by Crippen LogP contribution is -1.90. The number of nitriles is 1. The van der Waals surface area contributed by atoms with Gasteiger partial charge in [0.1, 0.15) is 16.6 Å². The average molecular weight is 243 g/mol. The molecule has 1 aromatic carbocycles. The molecular weight excluding hydrogens is 230 g/mol. The van der Waals surface area contributed by atoms with Crippen LogP contribution in [0.2, 0.25) is 0 Å². The summed E-state index contributed by atoms with van der Waals surface area (Å²) in [5.74, 6) is 0. The van der Waals surface area contributed by atoms with Gasteiger partial charge in [0, 0.05) is 5.69 Å². The molecule has 1 heterocycles. The summed E-state index contributed by atoms with van der Waals surface area (Å²) in [6, 6.07) is 10.4. The summed E-state index contributed by atoms with van der Waals surface area (Å²) in [7, 11) is 0. The van der Waals surface area contributed by atoms with E-state index in [2.05, 4.69) is 34.8 Å². The molecule has 0 unspecified atom stereocenters. The molecule has 0 aliphatic carbocycles. The van der Waals surface area contributed by atoms with Crippen molar-refractivity contribution in [1.29, 1.82) is 5.26 Å². The van der Waals surface area contributed by atoms with Crippen LogP contribution in [-0.2, 0) is 6.42 Å². The minimum atomic E-state index is 0.634. The largest absolute Gasteiger partial charge is 0.345 e. The highest BCUT2D eigenvalue weighted by molar-refractivity contribution is 7.10. The fourth-order valence-electron chi connectivity index (χ4n) is 1.54. The van der Waals surface area contributed by atoms with Gasteiger partial charge in [0.25, 0.3) is 0 Å². The molecule has 0 aliphatic rings. The maximum Gasteiger partial charge on any atom is 0.132 e. The molecule has 0 saturated carbocycles. The van der Waals surface area contributed by atoms with Crippen molar-refractivity contribution in [3.8, 4) is 6.07 Å². The van der Waals surface area contributed by atoms with E-state index < -0.39 is 0 Å². The third kappa shape index (κ3) is 2.45. The normalized spacial score (nSPS) is 9.94. The number of anilines is 2. The van der Waals surface area contributed by atoms with Crippen molar-refractivity contribution < 1.29 is 0 Å². The third-order valence-corrected chi connectivity index (χ3v) is 3.45. The van der Waals surface area contributed by atoms with Crippen molar-refractivity contribution in [2.75, 3.05) is 5.32 Å². The van der Waals surface area contributed by atoms with Crippen LogP contribution in [-0.4, -0.2) is 4.37 Å². The first-order valence-corrected chi connectivity index (χ1v) is 6.24. The van der Waals surface area contributed by atoms with Crippen LogP contribution in [0.4, 0.5) is 10.7 Å². The van der Waals surface area contributed by atoms with Gasteiger partial charge in [-0.3, -0.25) is 0 Å². The number of aryl methyl sites for hydroxylation is 2. The first-order valence-electron chi connectivity index (χ1n) is 5.47. The van der Waals surface area contributed by atoms with Gasteiger partial charge in [-0.1, -0.05) is 19.1 Å². The number of hydrogen-bond donors (Lipinski definition) is 1. The van der Waals surface area contributed by atoms with Gasteiger partial charge in [-0.25, -0.2) is 0 Å². The van der Waals surface area contributed by atoms with Crippen molar-refractivity contribution in [2.45, 2.75) is 20.3 Å². The molecular formula is C13H13N3S. The second-order valence-electron chi connectivity index (χ2n) is 3.76. The standard InChI is InChI=1S/C13H13N3S/c1-3-10-4-6-11(7-5-10)15-13-12(8-14)9(2)16-17-13/h4-7,15H,3H2,1-2H3. The number of nitrogens with one attached hydrogen (secondary N) is 1. The molecule has 0 fully saturated rings. The first kappa shape index (κ1) is 11.6. The zero-order valence-electron chi connectivity index (χ0n) is 9.82. The van der Waals surface area contributed by atoms with Gasteiger partial charge in [-0.15, -0.1) is 0 Å². The second kappa shape index (κ2) is 4.98. The summed E-state index contributed by atoms with van der Waals surface area (Å²) in [6.45, 7) is 3.98. The van der Waals surface area contributed by atoms with Crippen LogP contribution < -0.4 is 5.32 Å². The third-order valence-electron chi connectivity index (χ3n) is 2.59. The molecule has 1 aromatic heterocycles. The van der Waals surface area contributed by atoms with E-state index in [1.165, 1.54) is 17.1 Å². The Labute approximate surface area is 105 Å². The van der Waals surface area contributed by atoms with Crippen LogP contribution in [0.15, 0.2) is 24.3 Å². The van der Waals surface area contributed by atoms with Gasteiger partial charge in [0.2, 0.25) is 0 Å². The molecule has 0 radical (unpaired) electrons. The van der Waals surface area contributed by atoms with Crippen molar-refractivity contribution in [3.05, 3.63) is 41.1 Å². The van der Waals surface area contributed by atoms with E-state index in [-0.39, 0.29) is 0 Å². The number of benzene rings is 1. The van der Waals surface area contributed by atoms with Gasteiger partial charge >= 0.3 is 0 Å². The average Bonchev–Trinajstić information content (AvgIpc) is 2.71. The first-order chi connectivity index (χ1) is 8.24. The second-order valence-corrected chi connectivity index (χ2v) is 4.53. The van der Waals surface area contributed by atoms with Crippen molar-refractivity contribution in [3.63, 3.8) is 0 Å². The fraction of sp³-hybridized carbons (Fsp3) is 0.231. The van der Waals surface area contributed by atoms with Gasteiger partial charge in [0.05, 0.1) is 5.69 Å². The van der Waals surface area contributed by atoms with E-state index in [9.17, 15) is 0 Å². The minimum Gasteiger partial charge on any atom is -0.345 e. The van der Waals surface area contributed by atoms with Crippen LogP contribution in [0.25, 0.3) is 0 Å². The minimum absolute atomic E-state index is 0.634. The lowest BCUT2D eigenvalue weighted by molar-refractivity contribution is 1.14. The topological polar surface area (TPSA) is 48.7 Å². The quantitative estimate of drug-likeness (QED) is 0.895. The summed E-state index contributed by atoms with van der Waals surface area (Å²) in [5.41, 5.74) is 3.71. The van der Waals surface area contributed by atoms with Gasteiger partial charge in [-0.2, -0.15) is 9.64 Å². The maximum absolute atomic E-state index is 9.03. The Morgan fingerprint density at radius 1 is 1.35 bits per heavy atom. The number of aromatic nitrogens is 1. The summed E-state index contributed by atoms with van der Waals surface area (Å²) >= 11 is 1.32. The molecule has 1 N–H and O–H groups in total. The molecule has 0 spiro atoms. The van der Waals surface area contributed by atoms with E-state index in [0.29, 0.717) is 5.56 Å². The zero-order chi connectivity index (χ0) is 12.3. The number of nitrogens with zero attached hydrogens (tertiary/aromatic N) is 2. The zero-order valence-corrected chi connectivity index (χ0v) is 10.6. The van der Waals surface area contributed by atoms with E-state index in [4.69, 9.17) is 5.26 Å². The van der Waals surface area contributed by atoms with E-state index in [0.717, 1.165) is 22.8 Å². The van der Waals surface area contributed by atoms with E-state index in [1.54, 1.807) is 0 Å². The molecule has 2 aromatic rings. The summed E-state index contributed by atoms with van der Waals surface area (Å²) < 4.78 is 4.17. The predicted molar refractivity (Wildman–Crippen MR) is 70.7 cm³/mol. The fourth-order valence-corrected chi connectivity index (χ4v) is 2.31. The van der Waals surface area contributed by atoms with Gasteiger partial charge < -0.3 is 5.32 Å². The lowest BCUT2D eigenvalue weighted by Gasteiger charge is -2.04. The Kier molecular flexibility index (Phi) is 3.40. The molecule has 0 aliphatic heterocycles. The van der Waals surface area contributed by atoms with Crippen LogP contribution >= 0.6 is 11.5 Å². The van der Waals surface area contributed by atoms with E-state index in [1.807, 2.05) is 19.1 Å². The summed E-state index contributed by atoms with van der Waals surface area (Å²) in [6.07, 6.45) is 1.03. The highest BCUT2D eigenvalue weighted by atomic mass is 32.1. The molecule has 0 saturated heterocycles. The summed E-state index contributed by atoms with van der Waals surface area (Å²) in [5, 5.41) is 13.1. The number of hydrogen-bond acceptors (Lipinski definition) is 4. The van der Waals surface area contributed by atoms with E-state index >= 15 is 0 Å². The molecule has 0 amide bonds. The molecule has 2 rings (SSSR count). The highest BCUT2D eigenvalue weighted by Gasteiger charge is 2.09. The highest BCUT2D eigenvalue weighted by Crippen LogP contribution is 2.27. The molecule has 4 heteroatoms. The smallest absolute Gasteiger partial charge is 0.132 e. The lowest BCUT2D eigenvalue weighted by atomic mass is 10.1. The van der Waals surface area contributed by atoms with Crippen LogP contribution in [0.1, 0.15) is 23.7 Å². The Morgan fingerprint density at radius 3 is 2.65 bits per heavy atom. The molecule has 3 nitrogen and oxygen atoms in total. The van der Waals surface area contributed by atoms with Gasteiger partial charge in [0.15, 0.2) is 0 Å². The Hall–Kier alpha value is -1.86. The monoisotopic (exact) mass is 243 g/mol. The predicted octanol–water partition coefficient (Wildman–Crippen LogP) is 3.63. The van der Waals surface area contributed by atoms with Crippen LogP contribution in [0, 0.1) is 18.3 Å². The number of rotatable bonds is 3. The Balaban J connectivity index is 2.23. The van der Waals surface area contributed by atoms with Crippen LogP contribution in [0.5, 0.6) is 0 Å². The molecule has 0 bridgehead atoms. The Bertz CT molecular complexity index is 549. The molecule has 86 valence electrons. The van der Waals surface area contributed by atoms with Gasteiger partial charge in [-0.05, 0) is 42.6 Å². The van der Waals surface area contributed by atoms with Crippen molar-refractivity contribution in [1.82, 2.24) is 4.37 Å². The van der Waals surface area contributed by atoms with Crippen molar-refractivity contribution >= 4 is 22.2 Å². The SMILES string of the molecule is CCc1ccc(Nc2snc(C)c2C#N)cc1. The molecule has 17 heavy (non-hydrogen) atoms. The van der Waals surface area contributed by atoms with Crippen molar-refractivity contribution in [2.24, 2.45) is 0 Å².